The van der Waals surface area contributed by atoms with Gasteiger partial charge in [0.1, 0.15) is 18.3 Å². The van der Waals surface area contributed by atoms with Crippen LogP contribution in [-0.4, -0.2) is 42.8 Å². The molecule has 0 radical (unpaired) electrons. The topological polar surface area (TPSA) is 126 Å². The molecule has 3 N–H and O–H groups in total. The molecule has 0 aliphatic carbocycles. The van der Waals surface area contributed by atoms with Crippen molar-refractivity contribution in [1.29, 1.82) is 0 Å². The fraction of sp³-hybridized carbons (Fsp3) is 0.150. The van der Waals surface area contributed by atoms with Gasteiger partial charge in [0.15, 0.2) is 0 Å². The number of imidazole rings is 2. The molecule has 0 saturated carbocycles. The van der Waals surface area contributed by atoms with Crippen molar-refractivity contribution in [3.05, 3.63) is 78.4 Å². The number of hydrogen-bond donors (Lipinski definition) is 3. The van der Waals surface area contributed by atoms with E-state index >= 15 is 0 Å². The van der Waals surface area contributed by atoms with E-state index in [0.29, 0.717) is 11.2 Å². The second-order valence-corrected chi connectivity index (χ2v) is 6.39. The van der Waals surface area contributed by atoms with Crippen molar-refractivity contribution in [1.82, 2.24) is 30.2 Å². The Bertz CT molecular complexity index is 1110. The van der Waals surface area contributed by atoms with Gasteiger partial charge in [0.2, 0.25) is 0 Å². The smallest absolute Gasteiger partial charge is 0.329 e. The van der Waals surface area contributed by atoms with E-state index in [0.717, 1.165) is 11.1 Å². The van der Waals surface area contributed by atoms with Crippen LogP contribution in [0.1, 0.15) is 21.7 Å². The second-order valence-electron chi connectivity index (χ2n) is 6.39. The summed E-state index contributed by atoms with van der Waals surface area (Å²) in [7, 11) is 0. The Balaban J connectivity index is 1.48. The fourth-order valence-electron chi connectivity index (χ4n) is 2.83. The molecule has 3 heterocycles. The summed E-state index contributed by atoms with van der Waals surface area (Å²) in [6.45, 7) is 0.118. The van der Waals surface area contributed by atoms with E-state index in [9.17, 15) is 9.59 Å². The molecular formula is C20H18N6O3. The number of H-pyrrole nitrogens is 2. The number of ether oxygens (including phenoxy) is 1. The fourth-order valence-corrected chi connectivity index (χ4v) is 2.83. The van der Waals surface area contributed by atoms with Gasteiger partial charge < -0.3 is 20.0 Å². The molecule has 4 rings (SSSR count). The highest BCUT2D eigenvalue weighted by Crippen LogP contribution is 2.10. The third-order valence-electron chi connectivity index (χ3n) is 4.33. The molecule has 9 nitrogen and oxygen atoms in total. The van der Waals surface area contributed by atoms with Crippen molar-refractivity contribution in [2.75, 3.05) is 0 Å². The Hall–Kier alpha value is -4.01. The quantitative estimate of drug-likeness (QED) is 0.413. The SMILES string of the molecule is O=C(N[C@@H](Cc1cnc[nH]1)C(=O)OCc1ccccc1)c1cc2nc[nH]c2cn1. The van der Waals surface area contributed by atoms with Crippen molar-refractivity contribution < 1.29 is 14.3 Å². The van der Waals surface area contributed by atoms with Gasteiger partial charge in [-0.25, -0.2) is 19.7 Å². The first kappa shape index (κ1) is 18.4. The molecule has 1 amide bonds. The molecular weight excluding hydrogens is 372 g/mol. The first-order valence-electron chi connectivity index (χ1n) is 8.97. The van der Waals surface area contributed by atoms with Crippen molar-refractivity contribution >= 4 is 22.9 Å². The van der Waals surface area contributed by atoms with Crippen LogP contribution in [0.2, 0.25) is 0 Å². The maximum absolute atomic E-state index is 12.7. The number of fused-ring (bicyclic) bond motifs is 1. The first-order valence-corrected chi connectivity index (χ1v) is 8.97. The standard InChI is InChI=1S/C20H18N6O3/c27-19(16-7-15-18(9-22-16)25-12-24-15)26-17(6-14-8-21-11-23-14)20(28)29-10-13-4-2-1-3-5-13/h1-5,7-9,11-12,17H,6,10H2,(H,21,23)(H,24,25)(H,26,27)/t17-/m0/s1. The highest BCUT2D eigenvalue weighted by molar-refractivity contribution is 5.97. The van der Waals surface area contributed by atoms with Gasteiger partial charge in [-0.05, 0) is 11.6 Å². The van der Waals surface area contributed by atoms with E-state index < -0.39 is 17.9 Å². The highest BCUT2D eigenvalue weighted by atomic mass is 16.5. The average Bonchev–Trinajstić information content (AvgIpc) is 3.43. The average molecular weight is 390 g/mol. The molecule has 3 aromatic heterocycles. The van der Waals surface area contributed by atoms with E-state index in [1.54, 1.807) is 12.3 Å². The molecule has 29 heavy (non-hydrogen) atoms. The maximum Gasteiger partial charge on any atom is 0.329 e. The lowest BCUT2D eigenvalue weighted by molar-refractivity contribution is -0.147. The van der Waals surface area contributed by atoms with Crippen LogP contribution in [0, 0.1) is 0 Å². The van der Waals surface area contributed by atoms with E-state index in [1.807, 2.05) is 30.3 Å². The predicted molar refractivity (Wildman–Crippen MR) is 104 cm³/mol. The van der Waals surface area contributed by atoms with Crippen molar-refractivity contribution in [3.63, 3.8) is 0 Å². The Morgan fingerprint density at radius 3 is 2.72 bits per heavy atom. The minimum atomic E-state index is -0.900. The van der Waals surface area contributed by atoms with Crippen molar-refractivity contribution in [2.24, 2.45) is 0 Å². The number of rotatable bonds is 7. The van der Waals surface area contributed by atoms with Crippen LogP contribution < -0.4 is 5.32 Å². The second kappa shape index (κ2) is 8.34. The largest absolute Gasteiger partial charge is 0.459 e. The van der Waals surface area contributed by atoms with E-state index in [1.165, 1.54) is 18.9 Å². The van der Waals surface area contributed by atoms with Gasteiger partial charge >= 0.3 is 5.97 Å². The monoisotopic (exact) mass is 390 g/mol. The molecule has 0 saturated heterocycles. The summed E-state index contributed by atoms with van der Waals surface area (Å²) >= 11 is 0. The van der Waals surface area contributed by atoms with Gasteiger partial charge in [-0.2, -0.15) is 0 Å². The van der Waals surface area contributed by atoms with Gasteiger partial charge in [0, 0.05) is 18.3 Å². The molecule has 0 unspecified atom stereocenters. The maximum atomic E-state index is 12.7. The normalized spacial score (nSPS) is 11.9. The molecule has 146 valence electrons. The minimum absolute atomic E-state index is 0.118. The Labute approximate surface area is 165 Å². The number of aromatic amines is 2. The lowest BCUT2D eigenvalue weighted by atomic mass is 10.1. The molecule has 0 aliphatic rings. The number of aromatic nitrogens is 5. The van der Waals surface area contributed by atoms with E-state index in [-0.39, 0.29) is 18.7 Å². The number of esters is 1. The lowest BCUT2D eigenvalue weighted by Gasteiger charge is -2.17. The summed E-state index contributed by atoms with van der Waals surface area (Å²) < 4.78 is 5.41. The predicted octanol–water partition coefficient (Wildman–Crippen LogP) is 1.77. The lowest BCUT2D eigenvalue weighted by Crippen LogP contribution is -2.43. The summed E-state index contributed by atoms with van der Waals surface area (Å²) in [6.07, 6.45) is 6.36. The summed E-state index contributed by atoms with van der Waals surface area (Å²) in [5.74, 6) is -1.03. The molecule has 0 aliphatic heterocycles. The summed E-state index contributed by atoms with van der Waals surface area (Å²) in [6, 6.07) is 9.99. The van der Waals surface area contributed by atoms with Crippen LogP contribution in [0.3, 0.4) is 0 Å². The first-order chi connectivity index (χ1) is 14.2. The van der Waals surface area contributed by atoms with Gasteiger partial charge in [-0.3, -0.25) is 4.79 Å². The zero-order chi connectivity index (χ0) is 20.1. The highest BCUT2D eigenvalue weighted by Gasteiger charge is 2.25. The van der Waals surface area contributed by atoms with Gasteiger partial charge in [-0.1, -0.05) is 30.3 Å². The number of nitrogens with zero attached hydrogens (tertiary/aromatic N) is 3. The molecule has 0 bridgehead atoms. The van der Waals surface area contributed by atoms with Gasteiger partial charge in [0.25, 0.3) is 5.91 Å². The van der Waals surface area contributed by atoms with Crippen molar-refractivity contribution in [3.8, 4) is 0 Å². The number of carbonyl (C=O) groups is 2. The zero-order valence-electron chi connectivity index (χ0n) is 15.3. The van der Waals surface area contributed by atoms with E-state index in [4.69, 9.17) is 4.74 Å². The Morgan fingerprint density at radius 1 is 1.07 bits per heavy atom. The molecule has 9 heteroatoms. The Morgan fingerprint density at radius 2 is 1.93 bits per heavy atom. The number of amides is 1. The number of hydrogen-bond acceptors (Lipinski definition) is 6. The summed E-state index contributed by atoms with van der Waals surface area (Å²) in [5, 5.41) is 2.70. The van der Waals surface area contributed by atoms with Crippen LogP contribution in [0.15, 0.2) is 61.4 Å². The Kier molecular flexibility index (Phi) is 5.28. The molecule has 0 fully saturated rings. The third-order valence-corrected chi connectivity index (χ3v) is 4.33. The van der Waals surface area contributed by atoms with Crippen LogP contribution >= 0.6 is 0 Å². The van der Waals surface area contributed by atoms with Crippen LogP contribution in [0.25, 0.3) is 11.0 Å². The third kappa shape index (κ3) is 4.46. The van der Waals surface area contributed by atoms with Gasteiger partial charge in [0.05, 0.1) is 29.9 Å². The van der Waals surface area contributed by atoms with Gasteiger partial charge in [-0.15, -0.1) is 0 Å². The summed E-state index contributed by atoms with van der Waals surface area (Å²) in [4.78, 5) is 43.4. The number of carbonyl (C=O) groups excluding carboxylic acids is 2. The molecule has 4 aromatic rings. The number of benzene rings is 1. The molecule has 1 atom stereocenters. The van der Waals surface area contributed by atoms with Crippen LogP contribution in [-0.2, 0) is 22.6 Å². The summed E-state index contributed by atoms with van der Waals surface area (Å²) in [5.41, 5.74) is 3.05. The van der Waals surface area contributed by atoms with Crippen LogP contribution in [0.5, 0.6) is 0 Å². The number of nitrogens with one attached hydrogen (secondary N) is 3. The van der Waals surface area contributed by atoms with Crippen LogP contribution in [0.4, 0.5) is 0 Å². The molecule has 0 spiro atoms. The number of pyridine rings is 1. The zero-order valence-corrected chi connectivity index (χ0v) is 15.3. The van der Waals surface area contributed by atoms with E-state index in [2.05, 4.69) is 30.2 Å². The minimum Gasteiger partial charge on any atom is -0.459 e. The van der Waals surface area contributed by atoms with Crippen molar-refractivity contribution in [2.45, 2.75) is 19.1 Å². The molecule has 1 aromatic carbocycles.